The Morgan fingerprint density at radius 3 is 2.60 bits per heavy atom. The molecule has 152 valence electrons. The van der Waals surface area contributed by atoms with Crippen molar-refractivity contribution in [3.8, 4) is 17.7 Å². The molecule has 3 aromatic rings. The number of esters is 1. The summed E-state index contributed by atoms with van der Waals surface area (Å²) < 4.78 is 12.2. The average molecular weight is 403 g/mol. The standard InChI is InChI=1S/C23H21N3O4/c1-4-16-8-10-18(11-9-16)30-21-19(13-17(14-24)23(28)29-5-2)22(27)26-12-6-7-15(3)20(26)25-21/h6-13H,4-5H2,1-3H3/b17-13+. The predicted molar refractivity (Wildman–Crippen MR) is 112 cm³/mol. The Labute approximate surface area is 173 Å². The van der Waals surface area contributed by atoms with Crippen LogP contribution in [0, 0.1) is 18.3 Å². The molecule has 0 saturated heterocycles. The van der Waals surface area contributed by atoms with Gasteiger partial charge in [-0.15, -0.1) is 0 Å². The van der Waals surface area contributed by atoms with Crippen molar-refractivity contribution in [1.82, 2.24) is 9.38 Å². The number of fused-ring (bicyclic) bond motifs is 1. The number of carbonyl (C=O) groups is 1. The SMILES string of the molecule is CCOC(=O)/C(C#N)=C/c1c(Oc2ccc(CC)cc2)nc2c(C)cccn2c1=O. The summed E-state index contributed by atoms with van der Waals surface area (Å²) in [6.07, 6.45) is 3.62. The van der Waals surface area contributed by atoms with Crippen LogP contribution < -0.4 is 10.3 Å². The second-order valence-corrected chi connectivity index (χ2v) is 6.51. The third-order valence-electron chi connectivity index (χ3n) is 4.50. The Morgan fingerprint density at radius 2 is 1.97 bits per heavy atom. The highest BCUT2D eigenvalue weighted by atomic mass is 16.5. The number of hydrogen-bond donors (Lipinski definition) is 0. The molecule has 7 nitrogen and oxygen atoms in total. The van der Waals surface area contributed by atoms with Gasteiger partial charge in [-0.05, 0) is 55.7 Å². The van der Waals surface area contributed by atoms with Gasteiger partial charge in [0, 0.05) is 6.20 Å². The normalized spacial score (nSPS) is 11.2. The zero-order chi connectivity index (χ0) is 21.7. The number of ether oxygens (including phenoxy) is 2. The highest BCUT2D eigenvalue weighted by molar-refractivity contribution is 5.98. The molecule has 3 rings (SSSR count). The molecular formula is C23H21N3O4. The van der Waals surface area contributed by atoms with Gasteiger partial charge in [-0.25, -0.2) is 4.79 Å². The van der Waals surface area contributed by atoms with E-state index in [1.807, 2.05) is 32.0 Å². The van der Waals surface area contributed by atoms with Gasteiger partial charge in [0.1, 0.15) is 28.6 Å². The molecule has 2 heterocycles. The second kappa shape index (κ2) is 9.05. The van der Waals surface area contributed by atoms with E-state index >= 15 is 0 Å². The first-order valence-corrected chi connectivity index (χ1v) is 9.56. The van der Waals surface area contributed by atoms with Crippen molar-refractivity contribution < 1.29 is 14.3 Å². The maximum Gasteiger partial charge on any atom is 0.348 e. The van der Waals surface area contributed by atoms with E-state index in [4.69, 9.17) is 9.47 Å². The van der Waals surface area contributed by atoms with Gasteiger partial charge in [-0.3, -0.25) is 9.20 Å². The van der Waals surface area contributed by atoms with E-state index in [1.54, 1.807) is 37.4 Å². The molecule has 0 N–H and O–H groups in total. The average Bonchev–Trinajstić information content (AvgIpc) is 2.75. The molecule has 0 radical (unpaired) electrons. The van der Waals surface area contributed by atoms with Gasteiger partial charge >= 0.3 is 5.97 Å². The minimum atomic E-state index is -0.813. The van der Waals surface area contributed by atoms with Crippen LogP contribution in [0.5, 0.6) is 11.6 Å². The van der Waals surface area contributed by atoms with Crippen LogP contribution in [-0.2, 0) is 16.0 Å². The molecule has 2 aromatic heterocycles. The minimum Gasteiger partial charge on any atom is -0.462 e. The van der Waals surface area contributed by atoms with Crippen molar-refractivity contribution in [2.75, 3.05) is 6.61 Å². The monoisotopic (exact) mass is 403 g/mol. The van der Waals surface area contributed by atoms with Gasteiger partial charge < -0.3 is 9.47 Å². The van der Waals surface area contributed by atoms with E-state index in [9.17, 15) is 14.9 Å². The van der Waals surface area contributed by atoms with E-state index in [1.165, 1.54) is 4.40 Å². The molecule has 0 aliphatic carbocycles. The summed E-state index contributed by atoms with van der Waals surface area (Å²) in [7, 11) is 0. The lowest BCUT2D eigenvalue weighted by Crippen LogP contribution is -2.20. The Morgan fingerprint density at radius 1 is 1.23 bits per heavy atom. The number of nitrogens with zero attached hydrogens (tertiary/aromatic N) is 3. The topological polar surface area (TPSA) is 93.7 Å². The zero-order valence-corrected chi connectivity index (χ0v) is 17.0. The smallest absolute Gasteiger partial charge is 0.348 e. The largest absolute Gasteiger partial charge is 0.462 e. The molecule has 0 fully saturated rings. The molecule has 30 heavy (non-hydrogen) atoms. The Kier molecular flexibility index (Phi) is 6.28. The first-order valence-electron chi connectivity index (χ1n) is 9.56. The molecule has 7 heteroatoms. The molecule has 0 unspecified atom stereocenters. The highest BCUT2D eigenvalue weighted by Crippen LogP contribution is 2.25. The summed E-state index contributed by atoms with van der Waals surface area (Å²) in [5.74, 6) is -0.316. The van der Waals surface area contributed by atoms with Crippen molar-refractivity contribution in [3.63, 3.8) is 0 Å². The van der Waals surface area contributed by atoms with Gasteiger partial charge in [0.15, 0.2) is 0 Å². The lowest BCUT2D eigenvalue weighted by atomic mass is 10.1. The summed E-state index contributed by atoms with van der Waals surface area (Å²) >= 11 is 0. The van der Waals surface area contributed by atoms with E-state index < -0.39 is 11.5 Å². The molecule has 0 atom stereocenters. The fraction of sp³-hybridized carbons (Fsp3) is 0.217. The number of carbonyl (C=O) groups excluding carboxylic acids is 1. The van der Waals surface area contributed by atoms with Crippen LogP contribution in [0.3, 0.4) is 0 Å². The predicted octanol–water partition coefficient (Wildman–Crippen LogP) is 3.83. The van der Waals surface area contributed by atoms with Gasteiger partial charge in [-0.1, -0.05) is 25.1 Å². The van der Waals surface area contributed by atoms with Crippen LogP contribution in [0.1, 0.15) is 30.5 Å². The third kappa shape index (κ3) is 4.23. The molecular weight excluding hydrogens is 382 g/mol. The van der Waals surface area contributed by atoms with Crippen molar-refractivity contribution in [2.24, 2.45) is 0 Å². The third-order valence-corrected chi connectivity index (χ3v) is 4.50. The highest BCUT2D eigenvalue weighted by Gasteiger charge is 2.18. The number of nitriles is 1. The summed E-state index contributed by atoms with van der Waals surface area (Å²) in [5.41, 5.74) is 1.56. The van der Waals surface area contributed by atoms with Crippen LogP contribution in [0.15, 0.2) is 53.0 Å². The number of pyridine rings is 1. The first kappa shape index (κ1) is 20.8. The molecule has 0 amide bonds. The number of rotatable bonds is 6. The van der Waals surface area contributed by atoms with Gasteiger partial charge in [-0.2, -0.15) is 10.2 Å². The second-order valence-electron chi connectivity index (χ2n) is 6.51. The maximum atomic E-state index is 13.2. The molecule has 0 aliphatic rings. The Hall–Kier alpha value is -3.92. The van der Waals surface area contributed by atoms with Crippen molar-refractivity contribution >= 4 is 17.7 Å². The number of aromatic nitrogens is 2. The fourth-order valence-electron chi connectivity index (χ4n) is 2.89. The van der Waals surface area contributed by atoms with E-state index in [0.29, 0.717) is 11.4 Å². The maximum absolute atomic E-state index is 13.2. The summed E-state index contributed by atoms with van der Waals surface area (Å²) in [4.78, 5) is 29.7. The molecule has 1 aromatic carbocycles. The summed E-state index contributed by atoms with van der Waals surface area (Å²) in [6, 6.07) is 12.7. The Bertz CT molecular complexity index is 1220. The molecule has 0 aliphatic heterocycles. The van der Waals surface area contributed by atoms with Crippen LogP contribution in [-0.4, -0.2) is 22.0 Å². The Balaban J connectivity index is 2.21. The lowest BCUT2D eigenvalue weighted by Gasteiger charge is -2.11. The molecule has 0 bridgehead atoms. The first-order chi connectivity index (χ1) is 14.5. The van der Waals surface area contributed by atoms with E-state index in [-0.39, 0.29) is 23.6 Å². The van der Waals surface area contributed by atoms with Gasteiger partial charge in [0.2, 0.25) is 5.88 Å². The van der Waals surface area contributed by atoms with E-state index in [0.717, 1.165) is 23.6 Å². The summed E-state index contributed by atoms with van der Waals surface area (Å²) in [6.45, 7) is 5.62. The number of aryl methyl sites for hydroxylation is 2. The van der Waals surface area contributed by atoms with Gasteiger partial charge in [0.25, 0.3) is 5.56 Å². The van der Waals surface area contributed by atoms with E-state index in [2.05, 4.69) is 4.98 Å². The van der Waals surface area contributed by atoms with Crippen molar-refractivity contribution in [1.29, 1.82) is 5.26 Å². The minimum absolute atomic E-state index is 0.00981. The lowest BCUT2D eigenvalue weighted by molar-refractivity contribution is -0.137. The number of hydrogen-bond acceptors (Lipinski definition) is 6. The van der Waals surface area contributed by atoms with Crippen LogP contribution in [0.25, 0.3) is 11.7 Å². The van der Waals surface area contributed by atoms with Crippen LogP contribution >= 0.6 is 0 Å². The van der Waals surface area contributed by atoms with Crippen LogP contribution in [0.4, 0.5) is 0 Å². The molecule has 0 saturated carbocycles. The fourth-order valence-corrected chi connectivity index (χ4v) is 2.89. The summed E-state index contributed by atoms with van der Waals surface area (Å²) in [5, 5.41) is 9.38. The van der Waals surface area contributed by atoms with Crippen LogP contribution in [0.2, 0.25) is 0 Å². The van der Waals surface area contributed by atoms with Gasteiger partial charge in [0.05, 0.1) is 6.61 Å². The van der Waals surface area contributed by atoms with Crippen molar-refractivity contribution in [3.05, 3.63) is 75.2 Å². The zero-order valence-electron chi connectivity index (χ0n) is 17.0. The van der Waals surface area contributed by atoms with Crippen molar-refractivity contribution in [2.45, 2.75) is 27.2 Å². The molecule has 0 spiro atoms. The number of benzene rings is 1. The quantitative estimate of drug-likeness (QED) is 0.353.